The van der Waals surface area contributed by atoms with Gasteiger partial charge in [-0.2, -0.15) is 9.35 Å². The summed E-state index contributed by atoms with van der Waals surface area (Å²) in [6.07, 6.45) is 1.74. The zero-order chi connectivity index (χ0) is 15.9. The van der Waals surface area contributed by atoms with Gasteiger partial charge in [0.15, 0.2) is 0 Å². The first kappa shape index (κ1) is 15.6. The van der Waals surface area contributed by atoms with Gasteiger partial charge in [-0.3, -0.25) is 0 Å². The number of hydrogen-bond acceptors (Lipinski definition) is 9. The number of piperidine rings is 1. The molecule has 0 saturated carbocycles. The second-order valence-electron chi connectivity index (χ2n) is 5.06. The highest BCUT2D eigenvalue weighted by molar-refractivity contribution is 7.80. The molecular formula is C10H15N5O5S2. The molecule has 0 aromatic carbocycles. The Bertz CT molecular complexity index is 683. The van der Waals surface area contributed by atoms with Crippen molar-refractivity contribution in [2.45, 2.75) is 31.3 Å². The Morgan fingerprint density at radius 2 is 2.23 bits per heavy atom. The fraction of sp³-hybridized carbons (Fsp3) is 0.700. The highest BCUT2D eigenvalue weighted by Crippen LogP contribution is 2.39. The summed E-state index contributed by atoms with van der Waals surface area (Å²) in [6.45, 7) is 0.762. The van der Waals surface area contributed by atoms with Gasteiger partial charge >= 0.3 is 7.46 Å². The van der Waals surface area contributed by atoms with E-state index in [-0.39, 0.29) is 7.47 Å². The third-order valence-corrected chi connectivity index (χ3v) is 5.05. The Morgan fingerprint density at radius 1 is 1.45 bits per heavy atom. The number of urea groups is 1. The zero-order valence-electron chi connectivity index (χ0n) is 12.4. The topological polar surface area (TPSA) is 142 Å². The first-order chi connectivity index (χ1) is 10.4. The molecular weight excluding hydrogens is 334 g/mol. The molecule has 2 aliphatic rings. The molecule has 3 heterocycles. The standard InChI is InChI=1S/C10H15N5O5S2/c11-4-3-8-12-13-9(21-8)7-2-1-6-5-14(7)10(16)15(6)20-22(17,18)19/h6-7H,1-5,11H2,(H,17,18,19)/t6-,7+/m1/s1. The molecule has 0 radical (unpaired) electrons. The van der Waals surface area contributed by atoms with Gasteiger partial charge in [-0.1, -0.05) is 11.3 Å². The summed E-state index contributed by atoms with van der Waals surface area (Å²) in [5.74, 6) is 0. The Kier molecular flexibility index (Phi) is 4.03. The average molecular weight is 349 g/mol. The van der Waals surface area contributed by atoms with E-state index in [4.69, 9.17) is 5.73 Å². The van der Waals surface area contributed by atoms with E-state index in [9.17, 15) is 17.8 Å². The molecule has 1 aromatic rings. The maximum Gasteiger partial charge on any atom is 1.00 e. The molecule has 2 amide bonds. The zero-order valence-corrected chi connectivity index (χ0v) is 13.0. The lowest BCUT2D eigenvalue weighted by molar-refractivity contribution is -0.0327. The van der Waals surface area contributed by atoms with Crippen LogP contribution in [0.15, 0.2) is 0 Å². The summed E-state index contributed by atoms with van der Waals surface area (Å²) in [4.78, 5) is 13.7. The lowest BCUT2D eigenvalue weighted by Crippen LogP contribution is -2.35. The van der Waals surface area contributed by atoms with Crippen LogP contribution in [0.3, 0.4) is 0 Å². The van der Waals surface area contributed by atoms with Crippen LogP contribution < -0.4 is 5.73 Å². The molecule has 2 aliphatic heterocycles. The molecule has 0 unspecified atom stereocenters. The lowest BCUT2D eigenvalue weighted by atomic mass is 10.0. The number of nitrogens with zero attached hydrogens (tertiary/aromatic N) is 4. The predicted octanol–water partition coefficient (Wildman–Crippen LogP) is -0.515. The largest absolute Gasteiger partial charge is 1.00 e. The van der Waals surface area contributed by atoms with E-state index in [1.54, 1.807) is 0 Å². The third kappa shape index (κ3) is 2.92. The molecule has 22 heavy (non-hydrogen) atoms. The summed E-state index contributed by atoms with van der Waals surface area (Å²) in [7, 11) is -4.98. The van der Waals surface area contributed by atoms with E-state index in [1.807, 2.05) is 0 Å². The molecule has 3 rings (SSSR count). The van der Waals surface area contributed by atoms with Gasteiger partial charge < -0.3 is 15.2 Å². The summed E-state index contributed by atoms with van der Waals surface area (Å²) < 4.78 is 36.4. The van der Waals surface area contributed by atoms with E-state index < -0.39 is 22.5 Å². The monoisotopic (exact) mass is 349 g/mol. The molecule has 122 valence electrons. The molecule has 12 heteroatoms. The van der Waals surface area contributed by atoms with Gasteiger partial charge in [0.2, 0.25) is 10.4 Å². The third-order valence-electron chi connectivity index (χ3n) is 3.62. The molecule has 2 fully saturated rings. The number of hydroxylamine groups is 2. The van der Waals surface area contributed by atoms with Crippen LogP contribution in [0.5, 0.6) is 0 Å². The second-order valence-corrected chi connectivity index (χ2v) is 7.12. The van der Waals surface area contributed by atoms with Crippen molar-refractivity contribution in [3.05, 3.63) is 10.0 Å². The predicted molar refractivity (Wildman–Crippen MR) is 74.3 cm³/mol. The van der Waals surface area contributed by atoms with Crippen molar-refractivity contribution >= 4 is 27.8 Å². The van der Waals surface area contributed by atoms with Crippen LogP contribution in [0.25, 0.3) is 0 Å². The number of fused-ring (bicyclic) bond motifs is 2. The van der Waals surface area contributed by atoms with Crippen LogP contribution in [0.2, 0.25) is 0 Å². The van der Waals surface area contributed by atoms with E-state index in [1.165, 1.54) is 16.2 Å². The maximum atomic E-state index is 12.2. The molecule has 0 aliphatic carbocycles. The van der Waals surface area contributed by atoms with Gasteiger partial charge in [-0.15, -0.1) is 10.2 Å². The van der Waals surface area contributed by atoms with Crippen molar-refractivity contribution in [1.82, 2.24) is 20.2 Å². The van der Waals surface area contributed by atoms with Crippen LogP contribution in [-0.2, 0) is 21.1 Å². The molecule has 2 atom stereocenters. The Labute approximate surface area is 132 Å². The van der Waals surface area contributed by atoms with Gasteiger partial charge in [-0.25, -0.2) is 13.2 Å². The van der Waals surface area contributed by atoms with Gasteiger partial charge in [-0.05, 0) is 19.4 Å². The van der Waals surface area contributed by atoms with Gasteiger partial charge in [0, 0.05) is 13.0 Å². The highest BCUT2D eigenvalue weighted by atomic mass is 32.3. The summed E-state index contributed by atoms with van der Waals surface area (Å²) in [5.41, 5.74) is 5.47. The SMILES string of the molecule is NCCc1nnc([C@@H]2CC[C@@H]3CN2C(=O)N3OS(=O)(=O)[O-])s1.[H+]. The molecule has 2 bridgehead atoms. The Balaban J connectivity index is 0.00000192. The van der Waals surface area contributed by atoms with Crippen molar-refractivity contribution in [3.63, 3.8) is 0 Å². The second kappa shape index (κ2) is 5.70. The molecule has 0 spiro atoms. The lowest BCUT2D eigenvalue weighted by Gasteiger charge is -2.28. The first-order valence-corrected chi connectivity index (χ1v) is 8.81. The number of nitrogens with two attached hydrogens (primary N) is 1. The van der Waals surface area contributed by atoms with Crippen molar-refractivity contribution in [3.8, 4) is 0 Å². The van der Waals surface area contributed by atoms with Crippen LogP contribution in [-0.4, -0.2) is 58.3 Å². The maximum absolute atomic E-state index is 12.2. The smallest absolute Gasteiger partial charge is 0.724 e. The highest BCUT2D eigenvalue weighted by Gasteiger charge is 2.47. The number of rotatable bonds is 5. The van der Waals surface area contributed by atoms with Crippen LogP contribution in [0.4, 0.5) is 4.79 Å². The summed E-state index contributed by atoms with van der Waals surface area (Å²) in [5, 5.41) is 10.2. The van der Waals surface area contributed by atoms with E-state index in [0.29, 0.717) is 42.4 Å². The quantitative estimate of drug-likeness (QED) is 0.553. The molecule has 10 nitrogen and oxygen atoms in total. The summed E-state index contributed by atoms with van der Waals surface area (Å²) in [6, 6.07) is -1.36. The number of carbonyl (C=O) groups excluding carboxylic acids is 1. The number of carbonyl (C=O) groups is 1. The molecule has 2 N–H and O–H groups in total. The van der Waals surface area contributed by atoms with Crippen LogP contribution >= 0.6 is 11.3 Å². The number of aromatic nitrogens is 2. The van der Waals surface area contributed by atoms with Gasteiger partial charge in [0.05, 0.1) is 12.1 Å². The minimum atomic E-state index is -4.98. The minimum absolute atomic E-state index is 0. The normalized spacial score (nSPS) is 25.1. The van der Waals surface area contributed by atoms with Gasteiger partial charge in [0.25, 0.3) is 0 Å². The van der Waals surface area contributed by atoms with Gasteiger partial charge in [0.1, 0.15) is 10.0 Å². The van der Waals surface area contributed by atoms with E-state index in [2.05, 4.69) is 14.5 Å². The molecule has 2 saturated heterocycles. The summed E-state index contributed by atoms with van der Waals surface area (Å²) >= 11 is 1.38. The minimum Gasteiger partial charge on any atom is -0.724 e. The van der Waals surface area contributed by atoms with Crippen molar-refractivity contribution in [1.29, 1.82) is 0 Å². The Hall–Kier alpha value is -1.34. The fourth-order valence-electron chi connectivity index (χ4n) is 2.71. The van der Waals surface area contributed by atoms with Crippen LogP contribution in [0, 0.1) is 0 Å². The number of amides is 2. The van der Waals surface area contributed by atoms with Crippen LogP contribution in [0.1, 0.15) is 30.3 Å². The number of hydrogen-bond donors (Lipinski definition) is 1. The Morgan fingerprint density at radius 3 is 2.91 bits per heavy atom. The average Bonchev–Trinajstić information content (AvgIpc) is 2.99. The van der Waals surface area contributed by atoms with E-state index >= 15 is 0 Å². The van der Waals surface area contributed by atoms with Crippen molar-refractivity contribution in [2.75, 3.05) is 13.1 Å². The first-order valence-electron chi connectivity index (χ1n) is 6.66. The van der Waals surface area contributed by atoms with E-state index in [0.717, 1.165) is 5.01 Å². The fourth-order valence-corrected chi connectivity index (χ4v) is 4.10. The van der Waals surface area contributed by atoms with Crippen molar-refractivity contribution in [2.24, 2.45) is 5.73 Å². The molecule has 1 aromatic heterocycles. The van der Waals surface area contributed by atoms with Crippen molar-refractivity contribution < 1.29 is 23.5 Å².